The maximum Gasteiger partial charge on any atom is 0.218 e. The van der Waals surface area contributed by atoms with E-state index in [0.29, 0.717) is 12.5 Å². The van der Waals surface area contributed by atoms with Gasteiger partial charge in [0.2, 0.25) is 5.88 Å². The number of nitrogens with zero attached hydrogens (tertiary/aromatic N) is 4. The van der Waals surface area contributed by atoms with Gasteiger partial charge in [-0.2, -0.15) is 25.7 Å². The molecule has 23 heavy (non-hydrogen) atoms. The number of thiophene rings is 1. The fourth-order valence-electron chi connectivity index (χ4n) is 2.24. The molecule has 0 atom stereocenters. The first-order valence-corrected chi connectivity index (χ1v) is 7.92. The minimum Gasteiger partial charge on any atom is -0.619 e. The molecule has 0 bridgehead atoms. The largest absolute Gasteiger partial charge is 0.619 e. The zero-order chi connectivity index (χ0) is 15.6. The second-order valence-electron chi connectivity index (χ2n) is 4.95. The predicted molar refractivity (Wildman–Crippen MR) is 86.0 cm³/mol. The molecule has 0 N–H and O–H groups in total. The average molecular weight is 324 g/mol. The standard InChI is InChI=1S/C16H12N4O2S/c21-19-6-2-12(3-7-19)10-22-16-9-14(13-4-8-23-11-13)18-15-1-5-17-20(15)16/h1-9,11H,10H2. The molecule has 4 rings (SSSR count). The van der Waals surface area contributed by atoms with Gasteiger partial charge in [0.1, 0.15) is 6.61 Å². The zero-order valence-electron chi connectivity index (χ0n) is 12.0. The molecule has 0 spiro atoms. The average Bonchev–Trinajstić information content (AvgIpc) is 3.25. The van der Waals surface area contributed by atoms with Crippen LogP contribution in [0.4, 0.5) is 0 Å². The van der Waals surface area contributed by atoms with Crippen molar-refractivity contribution in [2.45, 2.75) is 6.61 Å². The topological polar surface area (TPSA) is 66.4 Å². The maximum atomic E-state index is 11.1. The van der Waals surface area contributed by atoms with E-state index in [4.69, 9.17) is 4.74 Å². The van der Waals surface area contributed by atoms with E-state index in [9.17, 15) is 5.21 Å². The van der Waals surface area contributed by atoms with Crippen molar-refractivity contribution in [3.63, 3.8) is 0 Å². The highest BCUT2D eigenvalue weighted by molar-refractivity contribution is 7.08. The third kappa shape index (κ3) is 2.74. The Bertz CT molecular complexity index is 933. The first-order valence-electron chi connectivity index (χ1n) is 6.97. The molecule has 0 fully saturated rings. The monoisotopic (exact) mass is 324 g/mol. The number of ether oxygens (including phenoxy) is 1. The Labute approximate surface area is 135 Å². The highest BCUT2D eigenvalue weighted by Gasteiger charge is 2.10. The van der Waals surface area contributed by atoms with E-state index >= 15 is 0 Å². The smallest absolute Gasteiger partial charge is 0.218 e. The van der Waals surface area contributed by atoms with Crippen molar-refractivity contribution in [2.24, 2.45) is 0 Å². The van der Waals surface area contributed by atoms with E-state index in [1.54, 1.807) is 34.2 Å². The van der Waals surface area contributed by atoms with Gasteiger partial charge < -0.3 is 9.94 Å². The Kier molecular flexibility index (Phi) is 3.39. The molecule has 6 nitrogen and oxygen atoms in total. The minimum absolute atomic E-state index is 0.350. The second-order valence-corrected chi connectivity index (χ2v) is 5.73. The maximum absolute atomic E-state index is 11.1. The van der Waals surface area contributed by atoms with Gasteiger partial charge in [-0.3, -0.25) is 0 Å². The van der Waals surface area contributed by atoms with Crippen LogP contribution in [0, 0.1) is 5.21 Å². The van der Waals surface area contributed by atoms with Crippen LogP contribution in [0.15, 0.2) is 59.7 Å². The van der Waals surface area contributed by atoms with Crippen molar-refractivity contribution >= 4 is 17.0 Å². The fraction of sp³-hybridized carbons (Fsp3) is 0.0625. The van der Waals surface area contributed by atoms with Gasteiger partial charge in [-0.05, 0) is 11.4 Å². The van der Waals surface area contributed by atoms with Crippen molar-refractivity contribution in [1.82, 2.24) is 14.6 Å². The molecule has 0 saturated carbocycles. The predicted octanol–water partition coefficient (Wildman–Crippen LogP) is 2.67. The molecule has 0 saturated heterocycles. The van der Waals surface area contributed by atoms with E-state index in [0.717, 1.165) is 27.2 Å². The lowest BCUT2D eigenvalue weighted by molar-refractivity contribution is -0.605. The van der Waals surface area contributed by atoms with Gasteiger partial charge in [0.25, 0.3) is 0 Å². The molecule has 0 aromatic carbocycles. The van der Waals surface area contributed by atoms with Crippen LogP contribution in [0.3, 0.4) is 0 Å². The van der Waals surface area contributed by atoms with Gasteiger partial charge >= 0.3 is 0 Å². The zero-order valence-corrected chi connectivity index (χ0v) is 12.8. The summed E-state index contributed by atoms with van der Waals surface area (Å²) < 4.78 is 8.30. The SMILES string of the molecule is [O-][n+]1ccc(COc2cc(-c3ccsc3)nc3ccnn23)cc1. The first kappa shape index (κ1) is 13.7. The molecule has 4 heterocycles. The summed E-state index contributed by atoms with van der Waals surface area (Å²) in [5, 5.41) is 19.4. The van der Waals surface area contributed by atoms with Crippen molar-refractivity contribution in [3.05, 3.63) is 70.5 Å². The van der Waals surface area contributed by atoms with Crippen LogP contribution in [-0.2, 0) is 6.61 Å². The quantitative estimate of drug-likeness (QED) is 0.427. The number of pyridine rings is 1. The second kappa shape index (κ2) is 5.69. The Morgan fingerprint density at radius 2 is 2.09 bits per heavy atom. The van der Waals surface area contributed by atoms with Crippen molar-refractivity contribution in [2.75, 3.05) is 0 Å². The molecule has 0 aliphatic rings. The van der Waals surface area contributed by atoms with E-state index in [2.05, 4.69) is 10.1 Å². The molecule has 114 valence electrons. The molecule has 0 aliphatic heterocycles. The molecular formula is C16H12N4O2S. The van der Waals surface area contributed by atoms with Crippen LogP contribution >= 0.6 is 11.3 Å². The van der Waals surface area contributed by atoms with E-state index in [1.165, 1.54) is 12.4 Å². The minimum atomic E-state index is 0.350. The van der Waals surface area contributed by atoms with Gasteiger partial charge in [0, 0.05) is 40.8 Å². The van der Waals surface area contributed by atoms with E-state index in [-0.39, 0.29) is 0 Å². The van der Waals surface area contributed by atoms with Crippen LogP contribution in [0.5, 0.6) is 5.88 Å². The van der Waals surface area contributed by atoms with Crippen LogP contribution < -0.4 is 9.47 Å². The van der Waals surface area contributed by atoms with E-state index in [1.807, 2.05) is 29.0 Å². The summed E-state index contributed by atoms with van der Waals surface area (Å²) in [5.74, 6) is 0.611. The Balaban J connectivity index is 1.67. The Morgan fingerprint density at radius 3 is 2.87 bits per heavy atom. The highest BCUT2D eigenvalue weighted by atomic mass is 32.1. The van der Waals surface area contributed by atoms with Crippen molar-refractivity contribution in [1.29, 1.82) is 0 Å². The molecule has 0 unspecified atom stereocenters. The van der Waals surface area contributed by atoms with Gasteiger partial charge in [-0.15, -0.1) is 0 Å². The number of aromatic nitrogens is 4. The summed E-state index contributed by atoms with van der Waals surface area (Å²) in [5.41, 5.74) is 3.54. The molecule has 4 aromatic heterocycles. The van der Waals surface area contributed by atoms with Gasteiger partial charge in [0.05, 0.1) is 11.9 Å². The summed E-state index contributed by atoms with van der Waals surface area (Å²) in [6.07, 6.45) is 4.59. The van der Waals surface area contributed by atoms with Gasteiger partial charge in [-0.1, -0.05) is 0 Å². The summed E-state index contributed by atoms with van der Waals surface area (Å²) in [4.78, 5) is 4.59. The number of rotatable bonds is 4. The first-order chi connectivity index (χ1) is 11.3. The normalized spacial score (nSPS) is 11.0. The van der Waals surface area contributed by atoms with E-state index < -0.39 is 0 Å². The van der Waals surface area contributed by atoms with Crippen LogP contribution in [0.2, 0.25) is 0 Å². The third-order valence-electron chi connectivity index (χ3n) is 3.40. The van der Waals surface area contributed by atoms with Crippen LogP contribution in [0.25, 0.3) is 16.9 Å². The lowest BCUT2D eigenvalue weighted by Crippen LogP contribution is -2.23. The summed E-state index contributed by atoms with van der Waals surface area (Å²) in [6, 6.07) is 9.20. The molecular weight excluding hydrogens is 312 g/mol. The van der Waals surface area contributed by atoms with Gasteiger partial charge in [-0.25, -0.2) is 4.98 Å². The lowest BCUT2D eigenvalue weighted by Gasteiger charge is -2.09. The lowest BCUT2D eigenvalue weighted by atomic mass is 10.2. The van der Waals surface area contributed by atoms with Gasteiger partial charge in [0.15, 0.2) is 18.0 Å². The fourth-order valence-corrected chi connectivity index (χ4v) is 2.89. The van der Waals surface area contributed by atoms with Crippen molar-refractivity contribution in [3.8, 4) is 17.1 Å². The molecule has 7 heteroatoms. The molecule has 0 radical (unpaired) electrons. The molecule has 0 aliphatic carbocycles. The highest BCUT2D eigenvalue weighted by Crippen LogP contribution is 2.25. The number of fused-ring (bicyclic) bond motifs is 1. The summed E-state index contributed by atoms with van der Waals surface area (Å²) in [6.45, 7) is 0.350. The summed E-state index contributed by atoms with van der Waals surface area (Å²) in [7, 11) is 0. The number of hydrogen-bond acceptors (Lipinski definition) is 5. The third-order valence-corrected chi connectivity index (χ3v) is 4.08. The van der Waals surface area contributed by atoms with Crippen LogP contribution in [0.1, 0.15) is 5.56 Å². The summed E-state index contributed by atoms with van der Waals surface area (Å²) >= 11 is 1.62. The molecule has 4 aromatic rings. The molecule has 0 amide bonds. The Morgan fingerprint density at radius 1 is 1.22 bits per heavy atom. The number of hydrogen-bond donors (Lipinski definition) is 0. The van der Waals surface area contributed by atoms with Crippen LogP contribution in [-0.4, -0.2) is 14.6 Å². The van der Waals surface area contributed by atoms with Crippen molar-refractivity contribution < 1.29 is 9.47 Å². The Hall–Kier alpha value is -2.93.